The number of esters is 1. The Hall–Kier alpha value is -2.51. The molecule has 0 atom stereocenters. The fourth-order valence-electron chi connectivity index (χ4n) is 1.54. The third kappa shape index (κ3) is 3.08. The smallest absolute Gasteiger partial charge is 0.377 e. The van der Waals surface area contributed by atoms with Crippen LogP contribution in [0.4, 0.5) is 5.95 Å². The van der Waals surface area contributed by atoms with Crippen LogP contribution in [-0.2, 0) is 4.74 Å². The van der Waals surface area contributed by atoms with Crippen LogP contribution in [-0.4, -0.2) is 44.4 Å². The van der Waals surface area contributed by atoms with Crippen LogP contribution in [0.5, 0.6) is 0 Å². The number of aryl methyl sites for hydroxylation is 1. The standard InChI is InChI=1S/C12H16N6O2/c1-4-5-13-12-15-8(2)6-9(16-12)18-7-14-10(17-18)11(19)20-3/h6-7H,4-5H2,1-3H3,(H,13,15,16). The molecule has 20 heavy (non-hydrogen) atoms. The van der Waals surface area contributed by atoms with Gasteiger partial charge in [-0.05, 0) is 13.3 Å². The lowest BCUT2D eigenvalue weighted by molar-refractivity contribution is 0.0587. The van der Waals surface area contributed by atoms with Gasteiger partial charge in [-0.25, -0.2) is 19.4 Å². The van der Waals surface area contributed by atoms with Crippen molar-refractivity contribution >= 4 is 11.9 Å². The molecule has 0 saturated heterocycles. The molecule has 2 aromatic heterocycles. The molecule has 2 aromatic rings. The highest BCUT2D eigenvalue weighted by Crippen LogP contribution is 2.09. The molecule has 0 saturated carbocycles. The molecule has 8 heteroatoms. The number of aromatic nitrogens is 5. The molecule has 2 heterocycles. The average Bonchev–Trinajstić information content (AvgIpc) is 2.93. The van der Waals surface area contributed by atoms with Gasteiger partial charge in [0.2, 0.25) is 5.95 Å². The summed E-state index contributed by atoms with van der Waals surface area (Å²) in [5, 5.41) is 7.14. The van der Waals surface area contributed by atoms with Gasteiger partial charge in [0.05, 0.1) is 7.11 Å². The number of anilines is 1. The monoisotopic (exact) mass is 276 g/mol. The highest BCUT2D eigenvalue weighted by Gasteiger charge is 2.13. The molecule has 0 amide bonds. The summed E-state index contributed by atoms with van der Waals surface area (Å²) in [6.45, 7) is 4.71. The number of hydrogen-bond acceptors (Lipinski definition) is 7. The SMILES string of the molecule is CCCNc1nc(C)cc(-n2cnc(C(=O)OC)n2)n1. The number of nitrogens with zero attached hydrogens (tertiary/aromatic N) is 5. The molecule has 0 radical (unpaired) electrons. The third-order valence-corrected chi connectivity index (χ3v) is 2.47. The molecular weight excluding hydrogens is 260 g/mol. The molecule has 0 unspecified atom stereocenters. The Balaban J connectivity index is 2.29. The summed E-state index contributed by atoms with van der Waals surface area (Å²) in [4.78, 5) is 23.8. The molecule has 0 aromatic carbocycles. The van der Waals surface area contributed by atoms with Crippen LogP contribution in [0, 0.1) is 6.92 Å². The quantitative estimate of drug-likeness (QED) is 0.813. The fraction of sp³-hybridized carbons (Fsp3) is 0.417. The molecule has 0 spiro atoms. The lowest BCUT2D eigenvalue weighted by Gasteiger charge is -2.06. The summed E-state index contributed by atoms with van der Waals surface area (Å²) in [5.74, 6) is 0.474. The number of methoxy groups -OCH3 is 1. The van der Waals surface area contributed by atoms with Crippen molar-refractivity contribution in [1.82, 2.24) is 24.7 Å². The summed E-state index contributed by atoms with van der Waals surface area (Å²) in [6.07, 6.45) is 2.39. The third-order valence-electron chi connectivity index (χ3n) is 2.47. The predicted molar refractivity (Wildman–Crippen MR) is 71.8 cm³/mol. The number of hydrogen-bond donors (Lipinski definition) is 1. The van der Waals surface area contributed by atoms with E-state index in [-0.39, 0.29) is 5.82 Å². The van der Waals surface area contributed by atoms with Crippen molar-refractivity contribution in [1.29, 1.82) is 0 Å². The number of ether oxygens (including phenoxy) is 1. The van der Waals surface area contributed by atoms with E-state index in [1.54, 1.807) is 6.07 Å². The van der Waals surface area contributed by atoms with Crippen LogP contribution in [0.1, 0.15) is 29.7 Å². The summed E-state index contributed by atoms with van der Waals surface area (Å²) in [7, 11) is 1.28. The van der Waals surface area contributed by atoms with Crippen molar-refractivity contribution in [2.24, 2.45) is 0 Å². The number of nitrogens with one attached hydrogen (secondary N) is 1. The van der Waals surface area contributed by atoms with Crippen LogP contribution < -0.4 is 5.32 Å². The van der Waals surface area contributed by atoms with Gasteiger partial charge in [-0.15, -0.1) is 5.10 Å². The first kappa shape index (κ1) is 13.9. The Bertz CT molecular complexity index is 610. The van der Waals surface area contributed by atoms with E-state index in [4.69, 9.17) is 0 Å². The number of carbonyl (C=O) groups is 1. The van der Waals surface area contributed by atoms with Crippen molar-refractivity contribution in [3.05, 3.63) is 23.9 Å². The van der Waals surface area contributed by atoms with E-state index in [1.165, 1.54) is 18.1 Å². The van der Waals surface area contributed by atoms with Crippen LogP contribution in [0.3, 0.4) is 0 Å². The number of carbonyl (C=O) groups excluding carboxylic acids is 1. The molecule has 8 nitrogen and oxygen atoms in total. The molecule has 2 rings (SSSR count). The second-order valence-electron chi connectivity index (χ2n) is 4.12. The van der Waals surface area contributed by atoms with E-state index in [1.807, 2.05) is 6.92 Å². The van der Waals surface area contributed by atoms with Gasteiger partial charge >= 0.3 is 5.97 Å². The fourth-order valence-corrected chi connectivity index (χ4v) is 1.54. The second-order valence-corrected chi connectivity index (χ2v) is 4.12. The first-order chi connectivity index (χ1) is 9.63. The zero-order valence-electron chi connectivity index (χ0n) is 11.6. The molecular formula is C12H16N6O2. The van der Waals surface area contributed by atoms with Gasteiger partial charge in [0.25, 0.3) is 5.82 Å². The molecule has 0 aliphatic carbocycles. The Morgan fingerprint density at radius 1 is 1.45 bits per heavy atom. The van der Waals surface area contributed by atoms with Crippen molar-refractivity contribution in [2.75, 3.05) is 19.0 Å². The first-order valence-corrected chi connectivity index (χ1v) is 6.24. The van der Waals surface area contributed by atoms with Gasteiger partial charge in [0, 0.05) is 18.3 Å². The van der Waals surface area contributed by atoms with Crippen LogP contribution in [0.25, 0.3) is 5.82 Å². The van der Waals surface area contributed by atoms with Gasteiger partial charge in [0.1, 0.15) is 6.33 Å². The average molecular weight is 276 g/mol. The zero-order chi connectivity index (χ0) is 14.5. The second kappa shape index (κ2) is 6.09. The van der Waals surface area contributed by atoms with Crippen LogP contribution in [0.15, 0.2) is 12.4 Å². The minimum atomic E-state index is -0.584. The van der Waals surface area contributed by atoms with Gasteiger partial charge in [0.15, 0.2) is 5.82 Å². The maximum absolute atomic E-state index is 11.3. The van der Waals surface area contributed by atoms with Crippen molar-refractivity contribution in [2.45, 2.75) is 20.3 Å². The maximum atomic E-state index is 11.3. The van der Waals surface area contributed by atoms with E-state index in [0.717, 1.165) is 18.7 Å². The Morgan fingerprint density at radius 3 is 2.95 bits per heavy atom. The van der Waals surface area contributed by atoms with E-state index in [0.29, 0.717) is 11.8 Å². The highest BCUT2D eigenvalue weighted by molar-refractivity contribution is 5.84. The Labute approximate surface area is 116 Å². The Morgan fingerprint density at radius 2 is 2.25 bits per heavy atom. The summed E-state index contributed by atoms with van der Waals surface area (Å²) >= 11 is 0. The van der Waals surface area contributed by atoms with E-state index < -0.39 is 5.97 Å². The van der Waals surface area contributed by atoms with Gasteiger partial charge < -0.3 is 10.1 Å². The molecule has 0 aliphatic heterocycles. The maximum Gasteiger partial charge on any atom is 0.377 e. The largest absolute Gasteiger partial charge is 0.463 e. The molecule has 1 N–H and O–H groups in total. The predicted octanol–water partition coefficient (Wildman–Crippen LogP) is 0.974. The first-order valence-electron chi connectivity index (χ1n) is 6.24. The van der Waals surface area contributed by atoms with Crippen molar-refractivity contribution in [3.63, 3.8) is 0 Å². The van der Waals surface area contributed by atoms with Crippen molar-refractivity contribution < 1.29 is 9.53 Å². The van der Waals surface area contributed by atoms with E-state index in [9.17, 15) is 4.79 Å². The van der Waals surface area contributed by atoms with Crippen molar-refractivity contribution in [3.8, 4) is 5.82 Å². The molecule has 0 fully saturated rings. The lowest BCUT2D eigenvalue weighted by atomic mass is 10.4. The summed E-state index contributed by atoms with van der Waals surface area (Å²) in [5.41, 5.74) is 0.795. The topological polar surface area (TPSA) is 94.8 Å². The lowest BCUT2D eigenvalue weighted by Crippen LogP contribution is -2.09. The molecule has 0 aliphatic rings. The van der Waals surface area contributed by atoms with Gasteiger partial charge in [-0.1, -0.05) is 6.92 Å². The van der Waals surface area contributed by atoms with Crippen LogP contribution in [0.2, 0.25) is 0 Å². The minimum Gasteiger partial charge on any atom is -0.463 e. The normalized spacial score (nSPS) is 10.3. The van der Waals surface area contributed by atoms with Gasteiger partial charge in [-0.3, -0.25) is 0 Å². The molecule has 0 bridgehead atoms. The Kier molecular flexibility index (Phi) is 4.24. The van der Waals surface area contributed by atoms with Crippen LogP contribution >= 0.6 is 0 Å². The summed E-state index contributed by atoms with van der Waals surface area (Å²) < 4.78 is 5.98. The number of rotatable bonds is 5. The highest BCUT2D eigenvalue weighted by atomic mass is 16.5. The van der Waals surface area contributed by atoms with E-state index in [2.05, 4.69) is 37.0 Å². The minimum absolute atomic E-state index is 0.00756. The van der Waals surface area contributed by atoms with E-state index >= 15 is 0 Å². The summed E-state index contributed by atoms with van der Waals surface area (Å²) in [6, 6.07) is 1.76. The zero-order valence-corrected chi connectivity index (χ0v) is 11.6. The van der Waals surface area contributed by atoms with Gasteiger partial charge in [-0.2, -0.15) is 4.98 Å². The molecule has 106 valence electrons.